The zero-order valence-electron chi connectivity index (χ0n) is 18.2. The first kappa shape index (κ1) is 20.1. The molecule has 2 aliphatic rings. The van der Waals surface area contributed by atoms with E-state index < -0.39 is 6.23 Å². The zero-order chi connectivity index (χ0) is 22.2. The Bertz CT molecular complexity index is 1130. The number of para-hydroxylation sites is 1. The molecule has 2 aliphatic heterocycles. The van der Waals surface area contributed by atoms with Gasteiger partial charge in [-0.1, -0.05) is 12.1 Å². The second-order valence-corrected chi connectivity index (χ2v) is 7.33. The second-order valence-electron chi connectivity index (χ2n) is 7.33. The highest BCUT2D eigenvalue weighted by molar-refractivity contribution is 5.65. The number of benzene rings is 2. The molecule has 0 saturated heterocycles. The van der Waals surface area contributed by atoms with Gasteiger partial charge < -0.3 is 33.5 Å². The smallest absolute Gasteiger partial charge is 0.203 e. The van der Waals surface area contributed by atoms with Crippen molar-refractivity contribution in [1.82, 2.24) is 10.4 Å². The largest absolute Gasteiger partial charge is 0.493 e. The predicted octanol–water partition coefficient (Wildman–Crippen LogP) is 4.31. The van der Waals surface area contributed by atoms with Crippen molar-refractivity contribution in [2.45, 2.75) is 12.3 Å². The Balaban J connectivity index is 1.64. The van der Waals surface area contributed by atoms with Crippen molar-refractivity contribution in [1.29, 1.82) is 0 Å². The summed E-state index contributed by atoms with van der Waals surface area (Å²) in [5.74, 6) is 3.71. The molecule has 3 aromatic rings. The lowest BCUT2D eigenvalue weighted by molar-refractivity contribution is -0.0347. The van der Waals surface area contributed by atoms with E-state index in [-0.39, 0.29) is 6.04 Å². The minimum Gasteiger partial charge on any atom is -0.493 e. The van der Waals surface area contributed by atoms with Crippen LogP contribution in [-0.4, -0.2) is 33.4 Å². The molecule has 0 fully saturated rings. The number of hydrazine groups is 1. The van der Waals surface area contributed by atoms with Crippen molar-refractivity contribution in [3.63, 3.8) is 0 Å². The quantitative estimate of drug-likeness (QED) is 0.613. The van der Waals surface area contributed by atoms with E-state index >= 15 is 0 Å². The molecule has 0 aliphatic carbocycles. The first-order chi connectivity index (χ1) is 15.7. The fourth-order valence-electron chi connectivity index (χ4n) is 4.19. The Hall–Kier alpha value is -3.78. The summed E-state index contributed by atoms with van der Waals surface area (Å²) in [7, 11) is 6.40. The number of nitrogens with one attached hydrogen (secondary N) is 1. The molecular formula is C24H24N2O6. The molecule has 5 rings (SSSR count). The van der Waals surface area contributed by atoms with Crippen LogP contribution in [0.2, 0.25) is 0 Å². The number of hydrogen-bond acceptors (Lipinski definition) is 8. The van der Waals surface area contributed by atoms with Gasteiger partial charge in [-0.2, -0.15) is 5.01 Å². The highest BCUT2D eigenvalue weighted by Crippen LogP contribution is 2.51. The van der Waals surface area contributed by atoms with E-state index in [1.165, 1.54) is 0 Å². The van der Waals surface area contributed by atoms with Crippen molar-refractivity contribution in [2.24, 2.45) is 0 Å². The van der Waals surface area contributed by atoms with Crippen molar-refractivity contribution >= 4 is 5.70 Å². The molecule has 8 nitrogen and oxygen atoms in total. The molecule has 1 aromatic heterocycles. The molecule has 1 N–H and O–H groups in total. The summed E-state index contributed by atoms with van der Waals surface area (Å²) < 4.78 is 34.3. The van der Waals surface area contributed by atoms with Gasteiger partial charge >= 0.3 is 0 Å². The average Bonchev–Trinajstić information content (AvgIpc) is 3.52. The van der Waals surface area contributed by atoms with Gasteiger partial charge in [-0.25, -0.2) is 0 Å². The number of furan rings is 1. The minimum atomic E-state index is -0.513. The fourth-order valence-corrected chi connectivity index (χ4v) is 4.19. The minimum absolute atomic E-state index is 0.113. The molecule has 0 radical (unpaired) electrons. The lowest BCUT2D eigenvalue weighted by Crippen LogP contribution is -2.43. The summed E-state index contributed by atoms with van der Waals surface area (Å²) in [5.41, 5.74) is 6.12. The molecule has 2 aromatic carbocycles. The monoisotopic (exact) mass is 436 g/mol. The van der Waals surface area contributed by atoms with Crippen LogP contribution in [0.3, 0.4) is 0 Å². The summed E-state index contributed by atoms with van der Waals surface area (Å²) in [6, 6.07) is 13.3. The van der Waals surface area contributed by atoms with Gasteiger partial charge in [0.15, 0.2) is 35.0 Å². The lowest BCUT2D eigenvalue weighted by atomic mass is 10.0. The zero-order valence-corrected chi connectivity index (χ0v) is 18.2. The van der Waals surface area contributed by atoms with Crippen LogP contribution in [0, 0.1) is 0 Å². The van der Waals surface area contributed by atoms with E-state index in [1.54, 1.807) is 34.7 Å². The predicted molar refractivity (Wildman–Crippen MR) is 117 cm³/mol. The lowest BCUT2D eigenvalue weighted by Gasteiger charge is -2.39. The van der Waals surface area contributed by atoms with Gasteiger partial charge in [0.05, 0.1) is 46.4 Å². The van der Waals surface area contributed by atoms with Gasteiger partial charge in [0.2, 0.25) is 5.75 Å². The number of ether oxygens (including phenoxy) is 5. The maximum absolute atomic E-state index is 6.51. The van der Waals surface area contributed by atoms with Crippen LogP contribution in [0.25, 0.3) is 5.70 Å². The maximum Gasteiger partial charge on any atom is 0.203 e. The summed E-state index contributed by atoms with van der Waals surface area (Å²) >= 11 is 0. The average molecular weight is 436 g/mol. The third-order valence-electron chi connectivity index (χ3n) is 5.66. The Kier molecular flexibility index (Phi) is 5.07. The van der Waals surface area contributed by atoms with Crippen LogP contribution in [-0.2, 0) is 0 Å². The highest BCUT2D eigenvalue weighted by Gasteiger charge is 2.42. The van der Waals surface area contributed by atoms with Gasteiger partial charge in [0.25, 0.3) is 0 Å². The number of hydrogen-bond donors (Lipinski definition) is 1. The van der Waals surface area contributed by atoms with Gasteiger partial charge in [-0.05, 0) is 36.4 Å². The third-order valence-corrected chi connectivity index (χ3v) is 5.66. The third kappa shape index (κ3) is 3.11. The van der Waals surface area contributed by atoms with E-state index in [0.29, 0.717) is 28.7 Å². The summed E-state index contributed by atoms with van der Waals surface area (Å²) in [5, 5.41) is 2.03. The van der Waals surface area contributed by atoms with Crippen LogP contribution < -0.4 is 29.1 Å². The van der Waals surface area contributed by atoms with E-state index in [0.717, 1.165) is 22.6 Å². The van der Waals surface area contributed by atoms with Crippen LogP contribution in [0.5, 0.6) is 28.7 Å². The second kappa shape index (κ2) is 8.05. The molecule has 0 bridgehead atoms. The van der Waals surface area contributed by atoms with E-state index in [1.807, 2.05) is 47.5 Å². The first-order valence-corrected chi connectivity index (χ1v) is 10.1. The number of nitrogens with zero attached hydrogens (tertiary/aromatic N) is 1. The molecule has 2 atom stereocenters. The highest BCUT2D eigenvalue weighted by atomic mass is 16.5. The standard InChI is InChI=1S/C24H24N2O6/c1-27-19-8-5-7-15-17-13-16(18-9-6-10-31-18)25-26(17)24(32-22(15)19)14-11-20(28-2)23(30-4)21(12-14)29-3/h5-13,17,24-25H,1-4H3. The molecule has 3 heterocycles. The van der Waals surface area contributed by atoms with Crippen molar-refractivity contribution in [3.8, 4) is 28.7 Å². The van der Waals surface area contributed by atoms with Crippen LogP contribution in [0.1, 0.15) is 29.2 Å². The number of methoxy groups -OCH3 is 4. The van der Waals surface area contributed by atoms with E-state index in [9.17, 15) is 0 Å². The van der Waals surface area contributed by atoms with Gasteiger partial charge in [0, 0.05) is 11.1 Å². The molecule has 32 heavy (non-hydrogen) atoms. The Morgan fingerprint density at radius 2 is 1.62 bits per heavy atom. The van der Waals surface area contributed by atoms with Crippen LogP contribution in [0.4, 0.5) is 0 Å². The number of rotatable bonds is 6. The fraction of sp³-hybridized carbons (Fsp3) is 0.250. The van der Waals surface area contributed by atoms with E-state index in [4.69, 9.17) is 28.1 Å². The number of fused-ring (bicyclic) bond motifs is 3. The topological polar surface area (TPSA) is 74.6 Å². The van der Waals surface area contributed by atoms with Crippen LogP contribution >= 0.6 is 0 Å². The Morgan fingerprint density at radius 3 is 2.25 bits per heavy atom. The van der Waals surface area contributed by atoms with Crippen molar-refractivity contribution in [2.75, 3.05) is 28.4 Å². The first-order valence-electron chi connectivity index (χ1n) is 10.1. The van der Waals surface area contributed by atoms with E-state index in [2.05, 4.69) is 11.5 Å². The molecular weight excluding hydrogens is 412 g/mol. The van der Waals surface area contributed by atoms with Crippen molar-refractivity contribution < 1.29 is 28.1 Å². The molecule has 8 heteroatoms. The van der Waals surface area contributed by atoms with Gasteiger partial charge in [-0.3, -0.25) is 0 Å². The normalized spacial score (nSPS) is 19.2. The molecule has 0 amide bonds. The summed E-state index contributed by atoms with van der Waals surface area (Å²) in [6.45, 7) is 0. The SMILES string of the molecule is COc1cc(C2Oc3c(OC)cccc3C3C=C(c4ccco4)NN32)cc(OC)c1OC. The van der Waals surface area contributed by atoms with Crippen molar-refractivity contribution in [3.05, 3.63) is 71.7 Å². The van der Waals surface area contributed by atoms with Crippen LogP contribution in [0.15, 0.2) is 59.2 Å². The molecule has 0 saturated carbocycles. The van der Waals surface area contributed by atoms with Gasteiger partial charge in [-0.15, -0.1) is 0 Å². The summed E-state index contributed by atoms with van der Waals surface area (Å²) in [6.07, 6.45) is 3.26. The Morgan fingerprint density at radius 1 is 0.875 bits per heavy atom. The summed E-state index contributed by atoms with van der Waals surface area (Å²) in [4.78, 5) is 0. The molecule has 2 unspecified atom stereocenters. The molecule has 166 valence electrons. The molecule has 0 spiro atoms. The maximum atomic E-state index is 6.51. The Labute approximate surface area is 185 Å². The van der Waals surface area contributed by atoms with Gasteiger partial charge in [0.1, 0.15) is 0 Å².